The van der Waals surface area contributed by atoms with Gasteiger partial charge in [-0.2, -0.15) is 0 Å². The molecule has 2 aliphatic rings. The summed E-state index contributed by atoms with van der Waals surface area (Å²) in [6.07, 6.45) is 4.81. The van der Waals surface area contributed by atoms with Crippen molar-refractivity contribution in [2.45, 2.75) is 51.2 Å². The smallest absolute Gasteiger partial charge is 0.262 e. The predicted octanol–water partition coefficient (Wildman–Crippen LogP) is 2.39. The predicted molar refractivity (Wildman–Crippen MR) is 98.8 cm³/mol. The number of sulfonamides is 1. The fraction of sp³-hybridized carbons (Fsp3) is 0.526. The van der Waals surface area contributed by atoms with Crippen molar-refractivity contribution in [1.29, 1.82) is 0 Å². The Morgan fingerprint density at radius 3 is 2.88 bits per heavy atom. The fourth-order valence-electron chi connectivity index (χ4n) is 3.17. The van der Waals surface area contributed by atoms with Crippen LogP contribution in [-0.4, -0.2) is 39.7 Å². The van der Waals surface area contributed by atoms with E-state index < -0.39 is 22.0 Å². The fourth-order valence-corrected chi connectivity index (χ4v) is 4.38. The first kappa shape index (κ1) is 19.1. The number of carbonyl (C=O) groups excluding carboxylic acids is 1. The van der Waals surface area contributed by atoms with Gasteiger partial charge in [0, 0.05) is 6.61 Å². The number of hydrogen-bond acceptors (Lipinski definition) is 5. The second-order valence-corrected chi connectivity index (χ2v) is 8.48. The van der Waals surface area contributed by atoms with Gasteiger partial charge in [0.05, 0.1) is 17.6 Å². The normalized spacial score (nSPS) is 21.4. The average molecular weight is 379 g/mol. The maximum atomic E-state index is 12.5. The van der Waals surface area contributed by atoms with Crippen molar-refractivity contribution in [1.82, 2.24) is 4.72 Å². The van der Waals surface area contributed by atoms with Crippen LogP contribution in [-0.2, 0) is 30.7 Å². The van der Waals surface area contributed by atoms with Crippen LogP contribution < -0.4 is 4.72 Å². The minimum atomic E-state index is -3.86. The molecule has 1 aliphatic carbocycles. The molecule has 0 saturated carbocycles. The number of allylic oxidation sites excluding steroid dienone is 1. The Bertz CT molecular complexity index is 781. The monoisotopic (exact) mass is 379 g/mol. The molecule has 1 N–H and O–H groups in total. The van der Waals surface area contributed by atoms with Gasteiger partial charge in [-0.15, -0.1) is 0 Å². The topological polar surface area (TPSA) is 81.7 Å². The summed E-state index contributed by atoms with van der Waals surface area (Å²) in [5.41, 5.74) is 1.99. The van der Waals surface area contributed by atoms with Gasteiger partial charge in [-0.1, -0.05) is 24.3 Å². The third-order valence-corrected chi connectivity index (χ3v) is 6.25. The van der Waals surface area contributed by atoms with E-state index in [4.69, 9.17) is 9.47 Å². The zero-order valence-electron chi connectivity index (χ0n) is 14.9. The molecule has 6 nitrogen and oxygen atoms in total. The highest BCUT2D eigenvalue weighted by Crippen LogP contribution is 2.26. The molecule has 1 aromatic carbocycles. The molecular weight excluding hydrogens is 354 g/mol. The molecule has 26 heavy (non-hydrogen) atoms. The molecule has 1 saturated heterocycles. The highest BCUT2D eigenvalue weighted by molar-refractivity contribution is 7.94. The molecule has 7 heteroatoms. The van der Waals surface area contributed by atoms with E-state index in [1.165, 1.54) is 0 Å². The molecule has 1 heterocycles. The van der Waals surface area contributed by atoms with E-state index in [0.29, 0.717) is 26.1 Å². The second-order valence-electron chi connectivity index (χ2n) is 6.74. The van der Waals surface area contributed by atoms with Crippen molar-refractivity contribution in [2.75, 3.05) is 13.2 Å². The molecule has 0 unspecified atom stereocenters. The summed E-state index contributed by atoms with van der Waals surface area (Å²) >= 11 is 0. The molecule has 0 spiro atoms. The van der Waals surface area contributed by atoms with Crippen molar-refractivity contribution >= 4 is 22.0 Å². The molecule has 2 atom stereocenters. The maximum Gasteiger partial charge on any atom is 0.262 e. The summed E-state index contributed by atoms with van der Waals surface area (Å²) in [5.74, 6) is -0.652. The maximum absolute atomic E-state index is 12.5. The van der Waals surface area contributed by atoms with E-state index in [1.54, 1.807) is 13.0 Å². The van der Waals surface area contributed by atoms with Crippen LogP contribution in [0.25, 0.3) is 6.08 Å². The Morgan fingerprint density at radius 1 is 1.31 bits per heavy atom. The Balaban J connectivity index is 1.58. The van der Waals surface area contributed by atoms with E-state index in [0.717, 1.165) is 30.4 Å². The minimum absolute atomic E-state index is 0.0202. The molecule has 0 aromatic heterocycles. The van der Waals surface area contributed by atoms with Crippen molar-refractivity contribution in [3.63, 3.8) is 0 Å². The highest BCUT2D eigenvalue weighted by atomic mass is 32.2. The molecule has 1 fully saturated rings. The Labute approximate surface area is 154 Å². The third-order valence-electron chi connectivity index (χ3n) is 4.77. The molecule has 1 amide bonds. The molecule has 1 aromatic rings. The number of benzene rings is 1. The van der Waals surface area contributed by atoms with Crippen molar-refractivity contribution in [3.8, 4) is 0 Å². The lowest BCUT2D eigenvalue weighted by molar-refractivity contribution is -0.133. The van der Waals surface area contributed by atoms with Gasteiger partial charge in [0.1, 0.15) is 6.10 Å². The Kier molecular flexibility index (Phi) is 6.11. The average Bonchev–Trinajstić information content (AvgIpc) is 2.66. The van der Waals surface area contributed by atoms with E-state index in [1.807, 2.05) is 24.3 Å². The summed E-state index contributed by atoms with van der Waals surface area (Å²) < 4.78 is 38.3. The van der Waals surface area contributed by atoms with Crippen LogP contribution in [0.4, 0.5) is 0 Å². The number of ether oxygens (including phenoxy) is 2. The number of aryl methyl sites for hydroxylation is 1. The summed E-state index contributed by atoms with van der Waals surface area (Å²) in [6.45, 7) is 2.56. The first-order valence-corrected chi connectivity index (χ1v) is 10.5. The molecule has 142 valence electrons. The highest BCUT2D eigenvalue weighted by Gasteiger charge is 2.27. The molecule has 0 bridgehead atoms. The van der Waals surface area contributed by atoms with E-state index in [9.17, 15) is 13.2 Å². The van der Waals surface area contributed by atoms with Gasteiger partial charge in [-0.3, -0.25) is 4.79 Å². The number of fused-ring (bicyclic) bond motifs is 1. The van der Waals surface area contributed by atoms with Crippen molar-refractivity contribution in [2.24, 2.45) is 0 Å². The second kappa shape index (κ2) is 8.33. The van der Waals surface area contributed by atoms with Crippen LogP contribution in [0.2, 0.25) is 0 Å². The van der Waals surface area contributed by atoms with E-state index >= 15 is 0 Å². The van der Waals surface area contributed by atoms with Gasteiger partial charge in [0.2, 0.25) is 0 Å². The number of carbonyl (C=O) groups is 1. The zero-order valence-corrected chi connectivity index (χ0v) is 15.8. The van der Waals surface area contributed by atoms with Gasteiger partial charge >= 0.3 is 0 Å². The van der Waals surface area contributed by atoms with Gasteiger partial charge in [0.15, 0.2) is 0 Å². The van der Waals surface area contributed by atoms with Crippen LogP contribution in [0, 0.1) is 0 Å². The number of hydrogen-bond donors (Lipinski definition) is 1. The van der Waals surface area contributed by atoms with Crippen molar-refractivity contribution < 1.29 is 22.7 Å². The molecular formula is C19H25NO5S. The van der Waals surface area contributed by atoms with Gasteiger partial charge < -0.3 is 9.47 Å². The minimum Gasteiger partial charge on any atom is -0.376 e. The quantitative estimate of drug-likeness (QED) is 0.821. The van der Waals surface area contributed by atoms with Gasteiger partial charge in [0.25, 0.3) is 15.9 Å². The van der Waals surface area contributed by atoms with Crippen LogP contribution in [0.3, 0.4) is 0 Å². The largest absolute Gasteiger partial charge is 0.376 e. The standard InChI is InChI=1S/C19H25NO5S/c1-14(25-13-17-8-4-5-11-24-17)19(21)20-26(22,23)18-10-9-15-6-2-3-7-16(15)12-18/h2-3,6-7,12,14,17H,4-5,8-11,13H2,1H3,(H,20,21)/t14-,17-/m1/s1. The number of nitrogens with one attached hydrogen (secondary N) is 1. The Hall–Kier alpha value is -1.70. The van der Waals surface area contributed by atoms with Crippen molar-refractivity contribution in [3.05, 3.63) is 40.3 Å². The van der Waals surface area contributed by atoms with Gasteiger partial charge in [-0.25, -0.2) is 13.1 Å². The number of rotatable bonds is 6. The summed E-state index contributed by atoms with van der Waals surface area (Å²) in [4.78, 5) is 12.5. The summed E-state index contributed by atoms with van der Waals surface area (Å²) in [6, 6.07) is 7.66. The zero-order chi connectivity index (χ0) is 18.6. The van der Waals surface area contributed by atoms with Gasteiger partial charge in [-0.05, 0) is 56.2 Å². The number of amides is 1. The first-order valence-electron chi connectivity index (χ1n) is 9.04. The lowest BCUT2D eigenvalue weighted by Gasteiger charge is -2.24. The van der Waals surface area contributed by atoms with E-state index in [2.05, 4.69) is 4.72 Å². The van der Waals surface area contributed by atoms with Crippen LogP contribution in [0.1, 0.15) is 43.7 Å². The lowest BCUT2D eigenvalue weighted by atomic mass is 9.98. The first-order chi connectivity index (χ1) is 12.5. The molecule has 3 rings (SSSR count). The molecule has 0 radical (unpaired) electrons. The molecule has 1 aliphatic heterocycles. The SMILES string of the molecule is C[C@@H](OC[C@H]1CCCCO1)C(=O)NS(=O)(=O)C1=Cc2ccccc2CC1. The van der Waals surface area contributed by atoms with E-state index in [-0.39, 0.29) is 11.0 Å². The lowest BCUT2D eigenvalue weighted by Crippen LogP contribution is -2.40. The summed E-state index contributed by atoms with van der Waals surface area (Å²) in [7, 11) is -3.86. The van der Waals surface area contributed by atoms with Crippen LogP contribution in [0.15, 0.2) is 29.2 Å². The van der Waals surface area contributed by atoms with Crippen LogP contribution in [0.5, 0.6) is 0 Å². The summed E-state index contributed by atoms with van der Waals surface area (Å²) in [5, 5.41) is 0. The third kappa shape index (κ3) is 4.72. The Morgan fingerprint density at radius 2 is 2.12 bits per heavy atom. The van der Waals surface area contributed by atoms with Crippen LogP contribution >= 0.6 is 0 Å².